The second-order valence-electron chi connectivity index (χ2n) is 6.39. The summed E-state index contributed by atoms with van der Waals surface area (Å²) in [5.41, 5.74) is 1.93. The number of amides is 2. The Labute approximate surface area is 145 Å². The molecule has 7 heteroatoms. The lowest BCUT2D eigenvalue weighted by atomic mass is 10.2. The van der Waals surface area contributed by atoms with E-state index in [4.69, 9.17) is 0 Å². The van der Waals surface area contributed by atoms with Crippen LogP contribution in [0.5, 0.6) is 0 Å². The molecule has 1 aromatic heterocycles. The van der Waals surface area contributed by atoms with Gasteiger partial charge in [-0.2, -0.15) is 5.10 Å². The van der Waals surface area contributed by atoms with Crippen molar-refractivity contribution in [3.05, 3.63) is 48.3 Å². The average Bonchev–Trinajstić information content (AvgIpc) is 3.06. The first kappa shape index (κ1) is 18.2. The number of benzene rings is 1. The van der Waals surface area contributed by atoms with Gasteiger partial charge in [0.25, 0.3) is 0 Å². The molecule has 1 atom stereocenters. The standard InChI is InChI=1S/C17H24N4O2S/c1-17(2,3)24(23)11-9-18-16(22)19-13-14-6-4-7-15(12-14)21-10-5-8-20-21/h4-8,10,12H,9,11,13H2,1-3H3,(H2,18,19,22). The van der Waals surface area contributed by atoms with E-state index in [1.54, 1.807) is 10.9 Å². The predicted octanol–water partition coefficient (Wildman–Crippen LogP) is 2.22. The van der Waals surface area contributed by atoms with Crippen molar-refractivity contribution in [1.82, 2.24) is 20.4 Å². The third-order valence-electron chi connectivity index (χ3n) is 3.39. The molecule has 0 saturated carbocycles. The van der Waals surface area contributed by atoms with Gasteiger partial charge < -0.3 is 10.6 Å². The summed E-state index contributed by atoms with van der Waals surface area (Å²) in [6.07, 6.45) is 3.59. The largest absolute Gasteiger partial charge is 0.337 e. The third-order valence-corrected chi connectivity index (χ3v) is 5.33. The van der Waals surface area contributed by atoms with Crippen LogP contribution in [-0.2, 0) is 17.3 Å². The van der Waals surface area contributed by atoms with Crippen LogP contribution in [0, 0.1) is 0 Å². The second kappa shape index (κ2) is 8.10. The summed E-state index contributed by atoms with van der Waals surface area (Å²) in [6.45, 7) is 6.59. The second-order valence-corrected chi connectivity index (χ2v) is 8.72. The zero-order valence-electron chi connectivity index (χ0n) is 14.3. The lowest BCUT2D eigenvalue weighted by Gasteiger charge is -2.17. The van der Waals surface area contributed by atoms with Gasteiger partial charge in [-0.25, -0.2) is 9.48 Å². The Morgan fingerprint density at radius 3 is 2.71 bits per heavy atom. The highest BCUT2D eigenvalue weighted by Gasteiger charge is 2.18. The van der Waals surface area contributed by atoms with Crippen LogP contribution in [-0.4, -0.2) is 37.1 Å². The Morgan fingerprint density at radius 1 is 1.25 bits per heavy atom. The summed E-state index contributed by atoms with van der Waals surface area (Å²) in [5.74, 6) is 0.450. The van der Waals surface area contributed by atoms with E-state index in [1.165, 1.54) is 0 Å². The number of hydrogen-bond acceptors (Lipinski definition) is 3. The molecule has 0 spiro atoms. The summed E-state index contributed by atoms with van der Waals surface area (Å²) in [5, 5.41) is 9.73. The van der Waals surface area contributed by atoms with E-state index in [2.05, 4.69) is 15.7 Å². The molecule has 1 heterocycles. The van der Waals surface area contributed by atoms with Crippen molar-refractivity contribution in [3.63, 3.8) is 0 Å². The normalized spacial score (nSPS) is 12.6. The Morgan fingerprint density at radius 2 is 2.04 bits per heavy atom. The Balaban J connectivity index is 1.78. The first-order valence-corrected chi connectivity index (χ1v) is 9.17. The van der Waals surface area contributed by atoms with Crippen LogP contribution in [0.4, 0.5) is 4.79 Å². The minimum atomic E-state index is -0.966. The minimum Gasteiger partial charge on any atom is -0.337 e. The predicted molar refractivity (Wildman–Crippen MR) is 96.6 cm³/mol. The highest BCUT2D eigenvalue weighted by atomic mass is 32.2. The first-order chi connectivity index (χ1) is 11.4. The van der Waals surface area contributed by atoms with Gasteiger partial charge in [0.1, 0.15) is 0 Å². The maximum atomic E-state index is 11.9. The van der Waals surface area contributed by atoms with Gasteiger partial charge in [0.2, 0.25) is 0 Å². The molecule has 2 amide bonds. The highest BCUT2D eigenvalue weighted by molar-refractivity contribution is 7.86. The van der Waals surface area contributed by atoms with Gasteiger partial charge in [-0.15, -0.1) is 0 Å². The number of nitrogens with one attached hydrogen (secondary N) is 2. The van der Waals surface area contributed by atoms with Crippen molar-refractivity contribution in [2.24, 2.45) is 0 Å². The van der Waals surface area contributed by atoms with Gasteiger partial charge in [-0.05, 0) is 44.5 Å². The lowest BCUT2D eigenvalue weighted by Crippen LogP contribution is -2.38. The van der Waals surface area contributed by atoms with Gasteiger partial charge in [0, 0.05) is 46.8 Å². The zero-order chi connectivity index (χ0) is 17.6. The van der Waals surface area contributed by atoms with Crippen LogP contribution in [0.2, 0.25) is 0 Å². The molecule has 1 unspecified atom stereocenters. The average molecular weight is 348 g/mol. The number of aromatic nitrogens is 2. The van der Waals surface area contributed by atoms with Crippen molar-refractivity contribution in [1.29, 1.82) is 0 Å². The molecule has 130 valence electrons. The number of rotatable bonds is 6. The van der Waals surface area contributed by atoms with Crippen molar-refractivity contribution in [3.8, 4) is 5.69 Å². The minimum absolute atomic E-state index is 0.259. The molecule has 0 saturated heterocycles. The monoisotopic (exact) mass is 348 g/mol. The van der Waals surface area contributed by atoms with Gasteiger partial charge in [-0.3, -0.25) is 4.21 Å². The SMILES string of the molecule is CC(C)(C)S(=O)CCNC(=O)NCc1cccc(-n2cccn2)c1. The molecule has 0 fully saturated rings. The van der Waals surface area contributed by atoms with E-state index in [-0.39, 0.29) is 10.8 Å². The number of carbonyl (C=O) groups is 1. The summed E-state index contributed by atoms with van der Waals surface area (Å²) < 4.78 is 13.4. The maximum Gasteiger partial charge on any atom is 0.315 e. The highest BCUT2D eigenvalue weighted by Crippen LogP contribution is 2.11. The maximum absolute atomic E-state index is 11.9. The van der Waals surface area contributed by atoms with Crippen molar-refractivity contribution >= 4 is 16.8 Å². The molecule has 1 aromatic carbocycles. The fourth-order valence-corrected chi connectivity index (χ4v) is 2.94. The van der Waals surface area contributed by atoms with Crippen LogP contribution in [0.15, 0.2) is 42.7 Å². The molecule has 0 aliphatic carbocycles. The Hall–Kier alpha value is -2.15. The fourth-order valence-electron chi connectivity index (χ4n) is 2.04. The zero-order valence-corrected chi connectivity index (χ0v) is 15.1. The van der Waals surface area contributed by atoms with Crippen LogP contribution in [0.1, 0.15) is 26.3 Å². The van der Waals surface area contributed by atoms with E-state index in [0.29, 0.717) is 18.8 Å². The molecular weight excluding hydrogens is 324 g/mol. The van der Waals surface area contributed by atoms with Crippen LogP contribution in [0.3, 0.4) is 0 Å². The van der Waals surface area contributed by atoms with Crippen molar-refractivity contribution in [2.75, 3.05) is 12.3 Å². The summed E-state index contributed by atoms with van der Waals surface area (Å²) in [4.78, 5) is 11.8. The van der Waals surface area contributed by atoms with E-state index in [1.807, 2.05) is 57.3 Å². The molecule has 0 aliphatic heterocycles. The number of nitrogens with zero attached hydrogens (tertiary/aromatic N) is 2. The molecule has 6 nitrogen and oxygen atoms in total. The molecule has 24 heavy (non-hydrogen) atoms. The fraction of sp³-hybridized carbons (Fsp3) is 0.412. The van der Waals surface area contributed by atoms with Crippen molar-refractivity contribution in [2.45, 2.75) is 32.1 Å². The number of urea groups is 1. The lowest BCUT2D eigenvalue weighted by molar-refractivity contribution is 0.241. The molecule has 0 aliphatic rings. The first-order valence-electron chi connectivity index (χ1n) is 7.85. The van der Waals surface area contributed by atoms with E-state index in [9.17, 15) is 9.00 Å². The summed E-state index contributed by atoms with van der Waals surface area (Å²) in [7, 11) is -0.966. The third kappa shape index (κ3) is 5.49. The van der Waals surface area contributed by atoms with E-state index in [0.717, 1.165) is 11.3 Å². The van der Waals surface area contributed by atoms with Crippen LogP contribution in [0.25, 0.3) is 5.69 Å². The van der Waals surface area contributed by atoms with Crippen molar-refractivity contribution < 1.29 is 9.00 Å². The van der Waals surface area contributed by atoms with E-state index < -0.39 is 10.8 Å². The quantitative estimate of drug-likeness (QED) is 0.840. The van der Waals surface area contributed by atoms with Gasteiger partial charge in [-0.1, -0.05) is 12.1 Å². The van der Waals surface area contributed by atoms with E-state index >= 15 is 0 Å². The number of carbonyl (C=O) groups excluding carboxylic acids is 1. The molecule has 0 radical (unpaired) electrons. The van der Waals surface area contributed by atoms with Gasteiger partial charge >= 0.3 is 6.03 Å². The number of hydrogen-bond donors (Lipinski definition) is 2. The van der Waals surface area contributed by atoms with Gasteiger partial charge in [0.05, 0.1) is 5.69 Å². The Bertz CT molecular complexity index is 693. The molecular formula is C17H24N4O2S. The molecule has 2 rings (SSSR count). The van der Waals surface area contributed by atoms with Crippen LogP contribution >= 0.6 is 0 Å². The molecule has 0 bridgehead atoms. The van der Waals surface area contributed by atoms with Crippen LogP contribution < -0.4 is 10.6 Å². The molecule has 2 N–H and O–H groups in total. The smallest absolute Gasteiger partial charge is 0.315 e. The summed E-state index contributed by atoms with van der Waals surface area (Å²) in [6, 6.07) is 9.41. The van der Waals surface area contributed by atoms with Gasteiger partial charge in [0.15, 0.2) is 0 Å². The topological polar surface area (TPSA) is 76.0 Å². The molecule has 2 aromatic rings. The summed E-state index contributed by atoms with van der Waals surface area (Å²) >= 11 is 0. The Kier molecular flexibility index (Phi) is 6.14.